The molecule has 1 aliphatic heterocycles. The van der Waals surface area contributed by atoms with E-state index in [0.29, 0.717) is 0 Å². The molecule has 1 heterocycles. The maximum absolute atomic E-state index is 5.50. The molecule has 2 rings (SSSR count). The first kappa shape index (κ1) is 15.4. The molecule has 1 fully saturated rings. The van der Waals surface area contributed by atoms with E-state index >= 15 is 0 Å². The van der Waals surface area contributed by atoms with Crippen molar-refractivity contribution in [2.75, 3.05) is 32.2 Å². The topological polar surface area (TPSA) is 72.1 Å². The number of thiocarbonyl (C=S) groups is 1. The van der Waals surface area contributed by atoms with Gasteiger partial charge >= 0.3 is 0 Å². The first-order chi connectivity index (χ1) is 10.2. The Morgan fingerprint density at radius 1 is 1.29 bits per heavy atom. The number of hydrogen-bond acceptors (Lipinski definition) is 5. The molecule has 21 heavy (non-hydrogen) atoms. The van der Waals surface area contributed by atoms with Crippen LogP contribution in [0.4, 0.5) is 5.69 Å². The highest BCUT2D eigenvalue weighted by Gasteiger charge is 2.19. The molecule has 0 bridgehead atoms. The van der Waals surface area contributed by atoms with Crippen LogP contribution in [0.2, 0.25) is 0 Å². The highest BCUT2D eigenvalue weighted by molar-refractivity contribution is 7.80. The lowest BCUT2D eigenvalue weighted by Crippen LogP contribution is -2.24. The van der Waals surface area contributed by atoms with E-state index in [9.17, 15) is 0 Å². The first-order valence-electron chi connectivity index (χ1n) is 6.75. The minimum Gasteiger partial charge on any atom is -0.496 e. The van der Waals surface area contributed by atoms with Gasteiger partial charge in [0.2, 0.25) is 0 Å². The molecule has 0 atom stereocenters. The highest BCUT2D eigenvalue weighted by atomic mass is 32.1. The Morgan fingerprint density at radius 2 is 1.95 bits per heavy atom. The van der Waals surface area contributed by atoms with Crippen molar-refractivity contribution in [1.29, 1.82) is 0 Å². The number of hydrogen-bond donors (Lipinski definition) is 2. The van der Waals surface area contributed by atoms with E-state index in [-0.39, 0.29) is 5.11 Å². The summed E-state index contributed by atoms with van der Waals surface area (Å²) in [4.78, 5) is 2.30. The van der Waals surface area contributed by atoms with Crippen LogP contribution < -0.4 is 25.5 Å². The van der Waals surface area contributed by atoms with Gasteiger partial charge in [0.25, 0.3) is 0 Å². The third-order valence-corrected chi connectivity index (χ3v) is 3.45. The van der Waals surface area contributed by atoms with Crippen molar-refractivity contribution in [2.45, 2.75) is 12.8 Å². The van der Waals surface area contributed by atoms with Crippen LogP contribution in [0.5, 0.6) is 11.5 Å². The Labute approximate surface area is 129 Å². The normalized spacial score (nSPS) is 14.5. The molecule has 1 saturated heterocycles. The van der Waals surface area contributed by atoms with Crippen LogP contribution in [-0.2, 0) is 0 Å². The van der Waals surface area contributed by atoms with Gasteiger partial charge in [0.1, 0.15) is 11.5 Å². The van der Waals surface area contributed by atoms with Crippen molar-refractivity contribution in [3.8, 4) is 11.5 Å². The number of nitrogens with zero attached hydrogens (tertiary/aromatic N) is 2. The lowest BCUT2D eigenvalue weighted by atomic mass is 10.1. The average Bonchev–Trinajstić information content (AvgIpc) is 3.00. The second kappa shape index (κ2) is 7.12. The summed E-state index contributed by atoms with van der Waals surface area (Å²) in [6.07, 6.45) is 4.01. The van der Waals surface area contributed by atoms with Gasteiger partial charge in [0.15, 0.2) is 5.11 Å². The van der Waals surface area contributed by atoms with Crippen molar-refractivity contribution < 1.29 is 9.47 Å². The van der Waals surface area contributed by atoms with E-state index < -0.39 is 0 Å². The lowest BCUT2D eigenvalue weighted by molar-refractivity contribution is 0.402. The molecule has 0 aromatic heterocycles. The molecule has 1 aromatic rings. The van der Waals surface area contributed by atoms with Gasteiger partial charge in [0, 0.05) is 24.7 Å². The zero-order valence-electron chi connectivity index (χ0n) is 12.3. The molecule has 0 amide bonds. The van der Waals surface area contributed by atoms with Crippen LogP contribution >= 0.6 is 12.2 Å². The molecule has 1 aliphatic rings. The van der Waals surface area contributed by atoms with E-state index in [1.807, 2.05) is 12.1 Å². The van der Waals surface area contributed by atoms with Crippen LogP contribution in [0.1, 0.15) is 18.4 Å². The Hall–Kier alpha value is -2.02. The molecule has 0 radical (unpaired) electrons. The smallest absolute Gasteiger partial charge is 0.184 e. The van der Waals surface area contributed by atoms with Gasteiger partial charge in [-0.3, -0.25) is 5.43 Å². The van der Waals surface area contributed by atoms with Crippen molar-refractivity contribution in [1.82, 2.24) is 5.43 Å². The number of anilines is 1. The van der Waals surface area contributed by atoms with Crippen LogP contribution in [0, 0.1) is 0 Å². The Morgan fingerprint density at radius 3 is 2.52 bits per heavy atom. The van der Waals surface area contributed by atoms with Crippen LogP contribution in [-0.4, -0.2) is 38.6 Å². The van der Waals surface area contributed by atoms with E-state index in [1.165, 1.54) is 12.8 Å². The minimum atomic E-state index is 0.117. The zero-order chi connectivity index (χ0) is 15.2. The Bertz CT molecular complexity index is 542. The fourth-order valence-electron chi connectivity index (χ4n) is 2.38. The predicted molar refractivity (Wildman–Crippen MR) is 88.5 cm³/mol. The maximum Gasteiger partial charge on any atom is 0.184 e. The standard InChI is InChI=1S/C14H20N4O2S/c1-19-12-8-11(18-5-3-4-6-18)13(20-2)7-10(12)9-16-17-14(15)21/h7-9H,3-6H2,1-2H3,(H3,15,17,21). The fraction of sp³-hybridized carbons (Fsp3) is 0.429. The van der Waals surface area contributed by atoms with E-state index in [1.54, 1.807) is 20.4 Å². The lowest BCUT2D eigenvalue weighted by Gasteiger charge is -2.22. The van der Waals surface area contributed by atoms with Crippen molar-refractivity contribution in [2.24, 2.45) is 10.8 Å². The van der Waals surface area contributed by atoms with Gasteiger partial charge in [-0.05, 0) is 31.1 Å². The van der Waals surface area contributed by atoms with Crippen molar-refractivity contribution >= 4 is 29.2 Å². The molecule has 114 valence electrons. The van der Waals surface area contributed by atoms with Gasteiger partial charge in [-0.2, -0.15) is 5.10 Å². The molecule has 7 heteroatoms. The monoisotopic (exact) mass is 308 g/mol. The summed E-state index contributed by atoms with van der Waals surface area (Å²) in [6, 6.07) is 3.88. The van der Waals surface area contributed by atoms with Crippen LogP contribution in [0.15, 0.2) is 17.2 Å². The number of methoxy groups -OCH3 is 2. The Kier molecular flexibility index (Phi) is 5.21. The number of rotatable bonds is 5. The van der Waals surface area contributed by atoms with E-state index in [0.717, 1.165) is 35.8 Å². The summed E-state index contributed by atoms with van der Waals surface area (Å²) >= 11 is 4.70. The maximum atomic E-state index is 5.50. The summed E-state index contributed by atoms with van der Waals surface area (Å²) in [5, 5.41) is 4.08. The number of nitrogens with two attached hydrogens (primary N) is 1. The fourth-order valence-corrected chi connectivity index (χ4v) is 2.43. The number of nitrogens with one attached hydrogen (secondary N) is 1. The summed E-state index contributed by atoms with van der Waals surface area (Å²) in [7, 11) is 3.30. The minimum absolute atomic E-state index is 0.117. The Balaban J connectivity index is 2.33. The predicted octanol–water partition coefficient (Wildman–Crippen LogP) is 1.47. The summed E-state index contributed by atoms with van der Waals surface area (Å²) in [6.45, 7) is 2.08. The molecular formula is C14H20N4O2S. The highest BCUT2D eigenvalue weighted by Crippen LogP contribution is 2.36. The van der Waals surface area contributed by atoms with Crippen molar-refractivity contribution in [3.63, 3.8) is 0 Å². The molecule has 1 aromatic carbocycles. The van der Waals surface area contributed by atoms with Gasteiger partial charge in [-0.15, -0.1) is 0 Å². The second-order valence-electron chi connectivity index (χ2n) is 4.69. The van der Waals surface area contributed by atoms with E-state index in [4.69, 9.17) is 27.4 Å². The molecule has 0 aliphatic carbocycles. The van der Waals surface area contributed by atoms with E-state index in [2.05, 4.69) is 15.4 Å². The SMILES string of the molecule is COc1cc(N2CCCC2)c(OC)cc1C=NNC(N)=S. The number of benzene rings is 1. The van der Waals surface area contributed by atoms with Crippen molar-refractivity contribution in [3.05, 3.63) is 17.7 Å². The molecule has 3 N–H and O–H groups in total. The van der Waals surface area contributed by atoms with Crippen LogP contribution in [0.25, 0.3) is 0 Å². The molecule has 0 spiro atoms. The molecule has 0 saturated carbocycles. The van der Waals surface area contributed by atoms with Crippen LogP contribution in [0.3, 0.4) is 0 Å². The molecule has 6 nitrogen and oxygen atoms in total. The number of ether oxygens (including phenoxy) is 2. The van der Waals surface area contributed by atoms with Gasteiger partial charge in [0.05, 0.1) is 26.1 Å². The second-order valence-corrected chi connectivity index (χ2v) is 5.13. The zero-order valence-corrected chi connectivity index (χ0v) is 13.1. The first-order valence-corrected chi connectivity index (χ1v) is 7.16. The van der Waals surface area contributed by atoms with Gasteiger partial charge in [-0.25, -0.2) is 0 Å². The third kappa shape index (κ3) is 3.75. The summed E-state index contributed by atoms with van der Waals surface area (Å²) in [5.74, 6) is 1.53. The van der Waals surface area contributed by atoms with Gasteiger partial charge < -0.3 is 20.1 Å². The molecule has 0 unspecified atom stereocenters. The number of hydrazone groups is 1. The third-order valence-electron chi connectivity index (χ3n) is 3.36. The largest absolute Gasteiger partial charge is 0.496 e. The summed E-state index contributed by atoms with van der Waals surface area (Å²) in [5.41, 5.74) is 9.70. The quantitative estimate of drug-likeness (QED) is 0.487. The molecular weight excluding hydrogens is 288 g/mol. The van der Waals surface area contributed by atoms with Gasteiger partial charge in [-0.1, -0.05) is 0 Å². The summed E-state index contributed by atoms with van der Waals surface area (Å²) < 4.78 is 10.9. The average molecular weight is 308 g/mol.